The minimum Gasteiger partial charge on any atom is -0.496 e. The molecule has 0 radical (unpaired) electrons. The van der Waals surface area contributed by atoms with Crippen LogP contribution in [0.4, 0.5) is 0 Å². The van der Waals surface area contributed by atoms with Crippen LogP contribution in [0.5, 0.6) is 5.75 Å². The van der Waals surface area contributed by atoms with E-state index in [0.717, 1.165) is 16.2 Å². The molecular weight excluding hydrogens is 316 g/mol. The minimum absolute atomic E-state index is 0.436. The standard InChI is InChI=1S/C15H14N4OS2/c1-10-7-8-11(22-10)9-16-19-14(17-18-15(19)21)12-5-3-4-6-13(12)20-2/h3-9H,1-2H3,(H,18,21)/b16-9+. The van der Waals surface area contributed by atoms with Crippen LogP contribution in [0.3, 0.4) is 0 Å². The molecule has 1 N–H and O–H groups in total. The van der Waals surface area contributed by atoms with Crippen molar-refractivity contribution in [2.45, 2.75) is 6.92 Å². The van der Waals surface area contributed by atoms with Gasteiger partial charge in [0.25, 0.3) is 0 Å². The predicted molar refractivity (Wildman–Crippen MR) is 91.4 cm³/mol. The molecule has 1 aromatic carbocycles. The number of nitrogens with one attached hydrogen (secondary N) is 1. The lowest BCUT2D eigenvalue weighted by atomic mass is 10.2. The number of thiophene rings is 1. The zero-order valence-electron chi connectivity index (χ0n) is 12.1. The van der Waals surface area contributed by atoms with Gasteiger partial charge in [0.1, 0.15) is 5.75 Å². The maximum atomic E-state index is 5.38. The largest absolute Gasteiger partial charge is 0.496 e. The fourth-order valence-corrected chi connectivity index (χ4v) is 2.96. The second-order valence-electron chi connectivity index (χ2n) is 4.56. The summed E-state index contributed by atoms with van der Waals surface area (Å²) in [5.74, 6) is 1.34. The van der Waals surface area contributed by atoms with Gasteiger partial charge in [-0.15, -0.1) is 11.3 Å². The Bertz CT molecular complexity index is 876. The van der Waals surface area contributed by atoms with Gasteiger partial charge in [0.05, 0.1) is 18.9 Å². The van der Waals surface area contributed by atoms with Crippen molar-refractivity contribution in [2.75, 3.05) is 7.11 Å². The molecule has 0 aliphatic carbocycles. The van der Waals surface area contributed by atoms with Gasteiger partial charge in [-0.2, -0.15) is 14.9 Å². The third kappa shape index (κ3) is 2.86. The van der Waals surface area contributed by atoms with E-state index in [2.05, 4.69) is 28.3 Å². The first kappa shape index (κ1) is 14.7. The third-order valence-corrected chi connectivity index (χ3v) is 4.26. The summed E-state index contributed by atoms with van der Waals surface area (Å²) < 4.78 is 7.41. The Morgan fingerprint density at radius 1 is 1.32 bits per heavy atom. The number of ether oxygens (including phenoxy) is 1. The summed E-state index contributed by atoms with van der Waals surface area (Å²) in [4.78, 5) is 2.30. The van der Waals surface area contributed by atoms with Crippen molar-refractivity contribution in [3.63, 3.8) is 0 Å². The Hall–Kier alpha value is -2.25. The number of benzene rings is 1. The number of methoxy groups -OCH3 is 1. The lowest BCUT2D eigenvalue weighted by Crippen LogP contribution is -1.96. The third-order valence-electron chi connectivity index (χ3n) is 3.06. The maximum absolute atomic E-state index is 5.38. The molecule has 22 heavy (non-hydrogen) atoms. The molecule has 3 aromatic rings. The van der Waals surface area contributed by atoms with Crippen LogP contribution in [0.15, 0.2) is 41.5 Å². The number of aromatic amines is 1. The number of hydrogen-bond donors (Lipinski definition) is 1. The van der Waals surface area contributed by atoms with E-state index < -0.39 is 0 Å². The van der Waals surface area contributed by atoms with Crippen LogP contribution < -0.4 is 4.74 Å². The summed E-state index contributed by atoms with van der Waals surface area (Å²) >= 11 is 6.94. The molecule has 0 aliphatic rings. The van der Waals surface area contributed by atoms with Crippen molar-refractivity contribution < 1.29 is 4.74 Å². The first-order valence-corrected chi connectivity index (χ1v) is 7.83. The monoisotopic (exact) mass is 330 g/mol. The molecule has 0 amide bonds. The van der Waals surface area contributed by atoms with Gasteiger partial charge in [0.15, 0.2) is 5.82 Å². The van der Waals surface area contributed by atoms with E-state index in [0.29, 0.717) is 10.6 Å². The second kappa shape index (κ2) is 6.25. The molecule has 112 valence electrons. The second-order valence-corrected chi connectivity index (χ2v) is 6.26. The van der Waals surface area contributed by atoms with Gasteiger partial charge in [-0.05, 0) is 43.4 Å². The van der Waals surface area contributed by atoms with E-state index in [1.165, 1.54) is 4.88 Å². The van der Waals surface area contributed by atoms with Gasteiger partial charge < -0.3 is 4.74 Å². The van der Waals surface area contributed by atoms with Crippen LogP contribution in [0, 0.1) is 11.7 Å². The lowest BCUT2D eigenvalue weighted by molar-refractivity contribution is 0.416. The Morgan fingerprint density at radius 2 is 2.14 bits per heavy atom. The summed E-state index contributed by atoms with van der Waals surface area (Å²) in [6.07, 6.45) is 1.78. The van der Waals surface area contributed by atoms with E-state index >= 15 is 0 Å². The van der Waals surface area contributed by atoms with Crippen LogP contribution in [-0.2, 0) is 0 Å². The molecule has 0 aliphatic heterocycles. The SMILES string of the molecule is COc1ccccc1-c1n[nH]c(=S)n1/N=C/c1ccc(C)s1. The first-order chi connectivity index (χ1) is 10.7. The topological polar surface area (TPSA) is 55.2 Å². The molecule has 0 unspecified atom stereocenters. The van der Waals surface area contributed by atoms with Crippen molar-refractivity contribution in [3.05, 3.63) is 50.9 Å². The van der Waals surface area contributed by atoms with Gasteiger partial charge in [0, 0.05) is 9.75 Å². The molecule has 5 nitrogen and oxygen atoms in total. The van der Waals surface area contributed by atoms with Gasteiger partial charge in [-0.1, -0.05) is 12.1 Å². The number of aryl methyl sites for hydroxylation is 1. The van der Waals surface area contributed by atoms with E-state index in [4.69, 9.17) is 17.0 Å². The Balaban J connectivity index is 2.04. The quantitative estimate of drug-likeness (QED) is 0.583. The minimum atomic E-state index is 0.436. The zero-order valence-corrected chi connectivity index (χ0v) is 13.7. The normalized spacial score (nSPS) is 11.2. The highest BCUT2D eigenvalue weighted by atomic mass is 32.1. The number of para-hydroxylation sites is 1. The van der Waals surface area contributed by atoms with E-state index in [1.807, 2.05) is 30.3 Å². The molecule has 0 saturated heterocycles. The molecule has 2 aromatic heterocycles. The van der Waals surface area contributed by atoms with Crippen molar-refractivity contribution in [1.29, 1.82) is 0 Å². The molecule has 0 fully saturated rings. The van der Waals surface area contributed by atoms with E-state index in [9.17, 15) is 0 Å². The summed E-state index contributed by atoms with van der Waals surface area (Å²) in [6, 6.07) is 11.7. The van der Waals surface area contributed by atoms with E-state index in [-0.39, 0.29) is 0 Å². The molecule has 3 rings (SSSR count). The summed E-state index contributed by atoms with van der Waals surface area (Å²) in [5.41, 5.74) is 0.830. The zero-order chi connectivity index (χ0) is 15.5. The van der Waals surface area contributed by atoms with E-state index in [1.54, 1.807) is 29.3 Å². The molecule has 0 saturated carbocycles. The Labute approximate surface area is 136 Å². The van der Waals surface area contributed by atoms with Crippen LogP contribution >= 0.6 is 23.6 Å². The van der Waals surface area contributed by atoms with Gasteiger partial charge in [0.2, 0.25) is 4.77 Å². The first-order valence-electron chi connectivity index (χ1n) is 6.60. The molecule has 0 bridgehead atoms. The van der Waals surface area contributed by atoms with Crippen LogP contribution in [0.25, 0.3) is 11.4 Å². The molecular formula is C15H14N4OS2. The van der Waals surface area contributed by atoms with Crippen LogP contribution in [0.2, 0.25) is 0 Å². The van der Waals surface area contributed by atoms with Crippen molar-refractivity contribution in [2.24, 2.45) is 5.10 Å². The van der Waals surface area contributed by atoms with Gasteiger partial charge in [-0.25, -0.2) is 5.10 Å². The van der Waals surface area contributed by atoms with Gasteiger partial charge >= 0.3 is 0 Å². The highest BCUT2D eigenvalue weighted by Crippen LogP contribution is 2.28. The highest BCUT2D eigenvalue weighted by molar-refractivity contribution is 7.71. The molecule has 2 heterocycles. The fourth-order valence-electron chi connectivity index (χ4n) is 2.04. The van der Waals surface area contributed by atoms with Gasteiger partial charge in [-0.3, -0.25) is 0 Å². The number of rotatable bonds is 4. The fraction of sp³-hybridized carbons (Fsp3) is 0.133. The smallest absolute Gasteiger partial charge is 0.216 e. The summed E-state index contributed by atoms with van der Waals surface area (Å²) in [5, 5.41) is 11.5. The maximum Gasteiger partial charge on any atom is 0.216 e. The number of H-pyrrole nitrogens is 1. The van der Waals surface area contributed by atoms with Crippen LogP contribution in [0.1, 0.15) is 9.75 Å². The van der Waals surface area contributed by atoms with Crippen molar-refractivity contribution in [1.82, 2.24) is 14.9 Å². The average Bonchev–Trinajstić information content (AvgIpc) is 3.11. The number of hydrogen-bond acceptors (Lipinski definition) is 5. The Kier molecular flexibility index (Phi) is 4.17. The summed E-state index contributed by atoms with van der Waals surface area (Å²) in [6.45, 7) is 2.06. The lowest BCUT2D eigenvalue weighted by Gasteiger charge is -2.06. The Morgan fingerprint density at radius 3 is 2.86 bits per heavy atom. The van der Waals surface area contributed by atoms with Crippen molar-refractivity contribution in [3.8, 4) is 17.1 Å². The number of aromatic nitrogens is 3. The molecule has 0 atom stereocenters. The van der Waals surface area contributed by atoms with Crippen molar-refractivity contribution >= 4 is 29.8 Å². The highest BCUT2D eigenvalue weighted by Gasteiger charge is 2.12. The average molecular weight is 330 g/mol. The molecule has 7 heteroatoms. The predicted octanol–water partition coefficient (Wildman–Crippen LogP) is 3.87. The number of nitrogens with zero attached hydrogens (tertiary/aromatic N) is 3. The molecule has 0 spiro atoms. The van der Waals surface area contributed by atoms with Crippen LogP contribution in [-0.4, -0.2) is 28.2 Å². The summed E-state index contributed by atoms with van der Waals surface area (Å²) in [7, 11) is 1.63.